The molecule has 3 aliphatic heterocycles. The van der Waals surface area contributed by atoms with Crippen LogP contribution in [0.25, 0.3) is 0 Å². The van der Waals surface area contributed by atoms with Gasteiger partial charge in [-0.3, -0.25) is 4.79 Å². The second-order valence-electron chi connectivity index (χ2n) is 9.28. The lowest BCUT2D eigenvalue weighted by atomic mass is 9.75. The fraction of sp³-hybridized carbons (Fsp3) is 0.850. The molecule has 4 atom stereocenters. The lowest BCUT2D eigenvalue weighted by molar-refractivity contribution is -0.945. The van der Waals surface area contributed by atoms with Crippen LogP contribution in [0.15, 0.2) is 6.20 Å². The molecule has 1 aromatic rings. The molecule has 0 spiro atoms. The Labute approximate surface area is 161 Å². The summed E-state index contributed by atoms with van der Waals surface area (Å²) in [5.74, 6) is 0.867. The highest BCUT2D eigenvalue weighted by Gasteiger charge is 2.46. The minimum absolute atomic E-state index is 0.154. The third kappa shape index (κ3) is 3.90. The van der Waals surface area contributed by atoms with Gasteiger partial charge in [-0.1, -0.05) is 24.5 Å². The first-order valence-corrected chi connectivity index (χ1v) is 10.7. The fourth-order valence-corrected chi connectivity index (χ4v) is 5.43. The summed E-state index contributed by atoms with van der Waals surface area (Å²) in [6, 6.07) is 0.695. The number of nitrogens with one attached hydrogen (secondary N) is 2. The summed E-state index contributed by atoms with van der Waals surface area (Å²) in [4.78, 5) is 14.0. The van der Waals surface area contributed by atoms with Crippen LogP contribution in [-0.2, 0) is 16.9 Å². The molecule has 1 aliphatic carbocycles. The molecule has 2 bridgehead atoms. The Morgan fingerprint density at radius 1 is 1.41 bits per heavy atom. The topological polar surface area (TPSA) is 84.5 Å². The maximum atomic E-state index is 12.5. The van der Waals surface area contributed by atoms with Crippen molar-refractivity contribution in [3.8, 4) is 0 Å². The smallest absolute Gasteiger partial charge is 0.229 e. The monoisotopic (exact) mass is 376 g/mol. The van der Waals surface area contributed by atoms with Crippen molar-refractivity contribution in [3.05, 3.63) is 11.9 Å². The molecule has 4 aliphatic rings. The van der Waals surface area contributed by atoms with Crippen molar-refractivity contribution in [1.29, 1.82) is 0 Å². The van der Waals surface area contributed by atoms with Crippen LogP contribution < -0.4 is 10.2 Å². The number of carbonyl (C=O) groups is 1. The predicted octanol–water partition coefficient (Wildman–Crippen LogP) is 0.248. The summed E-state index contributed by atoms with van der Waals surface area (Å²) in [6.07, 6.45) is 9.08. The summed E-state index contributed by atoms with van der Waals surface area (Å²) in [5, 5.41) is 22.6. The Bertz CT molecular complexity index is 667. The summed E-state index contributed by atoms with van der Waals surface area (Å²) in [5.41, 5.74) is -0.0442. The predicted molar refractivity (Wildman–Crippen MR) is 101 cm³/mol. The highest BCUT2D eigenvalue weighted by Crippen LogP contribution is 2.35. The molecule has 3 N–H and O–H groups in total. The van der Waals surface area contributed by atoms with Crippen molar-refractivity contribution in [3.63, 3.8) is 0 Å². The van der Waals surface area contributed by atoms with Crippen LogP contribution in [0.5, 0.6) is 0 Å². The average Bonchev–Trinajstić information content (AvgIpc) is 3.12. The maximum absolute atomic E-state index is 12.5. The number of piperidine rings is 3. The second kappa shape index (κ2) is 7.51. The van der Waals surface area contributed by atoms with Crippen LogP contribution in [-0.4, -0.2) is 51.2 Å². The van der Waals surface area contributed by atoms with Crippen molar-refractivity contribution in [2.45, 2.75) is 83.0 Å². The standard InChI is InChI=1S/C20H33N5O2/c1-14(2)21-19(26)17-12-24-9-6-15(17)10-16(24)11-25-13-18(22-23-25)20(27)7-4-3-5-8-20/h13-17,27H,3-12H2,1-2H3,(H,21,26)/p+1/t15-,16-,17+/m1/s1. The molecule has 0 radical (unpaired) electrons. The minimum atomic E-state index is -0.782. The van der Waals surface area contributed by atoms with E-state index in [2.05, 4.69) is 15.6 Å². The zero-order valence-electron chi connectivity index (χ0n) is 16.7. The van der Waals surface area contributed by atoms with Crippen LogP contribution in [0.1, 0.15) is 64.5 Å². The van der Waals surface area contributed by atoms with Gasteiger partial charge in [0.15, 0.2) is 0 Å². The van der Waals surface area contributed by atoms with Crippen molar-refractivity contribution in [2.75, 3.05) is 13.1 Å². The Kier molecular flexibility index (Phi) is 5.25. The second-order valence-corrected chi connectivity index (χ2v) is 9.28. The van der Waals surface area contributed by atoms with E-state index in [1.165, 1.54) is 11.3 Å². The van der Waals surface area contributed by atoms with E-state index in [1.54, 1.807) is 0 Å². The fourth-order valence-electron chi connectivity index (χ4n) is 5.43. The normalized spacial score (nSPS) is 32.6. The molecule has 1 saturated carbocycles. The Morgan fingerprint density at radius 3 is 2.85 bits per heavy atom. The Balaban J connectivity index is 1.38. The third-order valence-corrected chi connectivity index (χ3v) is 6.92. The number of quaternary nitrogens is 1. The van der Waals surface area contributed by atoms with Crippen LogP contribution in [0.2, 0.25) is 0 Å². The lowest BCUT2D eigenvalue weighted by Crippen LogP contribution is -3.20. The molecular weight excluding hydrogens is 342 g/mol. The molecule has 1 amide bonds. The zero-order chi connectivity index (χ0) is 19.0. The average molecular weight is 377 g/mol. The van der Waals surface area contributed by atoms with Crippen LogP contribution in [0.4, 0.5) is 0 Å². The first-order chi connectivity index (χ1) is 12.9. The summed E-state index contributed by atoms with van der Waals surface area (Å²) >= 11 is 0. The highest BCUT2D eigenvalue weighted by molar-refractivity contribution is 5.79. The first-order valence-electron chi connectivity index (χ1n) is 10.7. The van der Waals surface area contributed by atoms with Gasteiger partial charge in [0.1, 0.15) is 17.3 Å². The van der Waals surface area contributed by atoms with Gasteiger partial charge in [0.25, 0.3) is 0 Å². The van der Waals surface area contributed by atoms with E-state index >= 15 is 0 Å². The number of fused-ring (bicyclic) bond motifs is 3. The molecule has 27 heavy (non-hydrogen) atoms. The van der Waals surface area contributed by atoms with Gasteiger partial charge >= 0.3 is 0 Å². The van der Waals surface area contributed by atoms with E-state index in [0.29, 0.717) is 12.0 Å². The Hall–Kier alpha value is -1.47. The van der Waals surface area contributed by atoms with Crippen LogP contribution in [0, 0.1) is 11.8 Å². The molecule has 1 aromatic heterocycles. The zero-order valence-corrected chi connectivity index (χ0v) is 16.7. The third-order valence-electron chi connectivity index (χ3n) is 6.92. The SMILES string of the molecule is CC(C)NC(=O)[C@H]1C[NH+]2CC[C@@H]1C[C@@H]2Cn1cc(C2(O)CCCCC2)nn1. The molecule has 4 heterocycles. The number of nitrogens with zero attached hydrogens (tertiary/aromatic N) is 3. The van der Waals surface area contributed by atoms with Gasteiger partial charge in [0.05, 0.1) is 31.7 Å². The molecule has 0 aromatic carbocycles. The van der Waals surface area contributed by atoms with E-state index in [4.69, 9.17) is 0 Å². The quantitative estimate of drug-likeness (QED) is 0.688. The number of aromatic nitrogens is 3. The van der Waals surface area contributed by atoms with E-state index in [9.17, 15) is 9.90 Å². The molecule has 4 fully saturated rings. The van der Waals surface area contributed by atoms with Crippen molar-refractivity contribution in [2.24, 2.45) is 11.8 Å². The van der Waals surface area contributed by atoms with Crippen LogP contribution in [0.3, 0.4) is 0 Å². The van der Waals surface area contributed by atoms with Gasteiger partial charge in [0.2, 0.25) is 5.91 Å². The van der Waals surface area contributed by atoms with Gasteiger partial charge in [0, 0.05) is 18.9 Å². The number of hydrogen-bond donors (Lipinski definition) is 3. The summed E-state index contributed by atoms with van der Waals surface area (Å²) < 4.78 is 1.92. The van der Waals surface area contributed by atoms with E-state index < -0.39 is 5.60 Å². The van der Waals surface area contributed by atoms with Gasteiger partial charge in [-0.25, -0.2) is 4.68 Å². The number of aliphatic hydroxyl groups is 1. The molecule has 7 heteroatoms. The molecule has 5 rings (SSSR count). The minimum Gasteiger partial charge on any atom is -0.383 e. The van der Waals surface area contributed by atoms with E-state index in [0.717, 1.165) is 63.9 Å². The molecule has 1 unspecified atom stereocenters. The molecule has 150 valence electrons. The Morgan fingerprint density at radius 2 is 2.19 bits per heavy atom. The first kappa shape index (κ1) is 18.9. The number of hydrogen-bond acceptors (Lipinski definition) is 4. The van der Waals surface area contributed by atoms with Gasteiger partial charge in [-0.2, -0.15) is 0 Å². The number of carbonyl (C=O) groups excluding carboxylic acids is 1. The number of amides is 1. The number of rotatable bonds is 5. The molecular formula is C20H34N5O2+. The van der Waals surface area contributed by atoms with E-state index in [-0.39, 0.29) is 17.9 Å². The van der Waals surface area contributed by atoms with Crippen LogP contribution >= 0.6 is 0 Å². The lowest BCUT2D eigenvalue weighted by Gasteiger charge is -2.46. The molecule has 7 nitrogen and oxygen atoms in total. The summed E-state index contributed by atoms with van der Waals surface area (Å²) in [6.45, 7) is 6.95. The summed E-state index contributed by atoms with van der Waals surface area (Å²) in [7, 11) is 0. The largest absolute Gasteiger partial charge is 0.383 e. The van der Waals surface area contributed by atoms with Crippen molar-refractivity contribution < 1.29 is 14.8 Å². The molecule has 3 saturated heterocycles. The highest BCUT2D eigenvalue weighted by atomic mass is 16.3. The van der Waals surface area contributed by atoms with Gasteiger partial charge in [-0.05, 0) is 32.6 Å². The van der Waals surface area contributed by atoms with Crippen molar-refractivity contribution >= 4 is 5.91 Å². The van der Waals surface area contributed by atoms with Crippen molar-refractivity contribution in [1.82, 2.24) is 20.3 Å². The maximum Gasteiger partial charge on any atom is 0.229 e. The van der Waals surface area contributed by atoms with Gasteiger partial charge < -0.3 is 15.3 Å². The van der Waals surface area contributed by atoms with E-state index in [1.807, 2.05) is 24.7 Å². The van der Waals surface area contributed by atoms with Gasteiger partial charge in [-0.15, -0.1) is 5.10 Å².